The van der Waals surface area contributed by atoms with Crippen LogP contribution in [0.1, 0.15) is 1.43 Å². The van der Waals surface area contributed by atoms with Crippen LogP contribution in [-0.2, 0) is 0 Å². The summed E-state index contributed by atoms with van der Waals surface area (Å²) in [4.78, 5) is 8.56. The third-order valence-corrected chi connectivity index (χ3v) is 0. The van der Waals surface area contributed by atoms with E-state index >= 15 is 0 Å². The zero-order valence-corrected chi connectivity index (χ0v) is 5.99. The standard InChI is InChI=1S/CH2O3.Sr/c2-1(3)4;/h(H2,2,3,4);/q;+2/p+1. The molecule has 5 heavy (non-hydrogen) atoms. The van der Waals surface area contributed by atoms with Crippen LogP contribution in [0.15, 0.2) is 0 Å². The molecule has 4 heteroatoms. The molecule has 0 spiro atoms. The maximum Gasteiger partial charge on any atom is 2.00 e. The van der Waals surface area contributed by atoms with Crippen molar-refractivity contribution in [2.75, 3.05) is 0 Å². The Kier molecular flexibility index (Phi) is 8.77. The zero-order valence-electron chi connectivity index (χ0n) is 3.51. The molecular formula is CH3O3Sr+3. The maximum absolute atomic E-state index is 8.56. The molecule has 0 aromatic carbocycles. The van der Waals surface area contributed by atoms with Gasteiger partial charge in [-0.3, -0.25) is 0 Å². The van der Waals surface area contributed by atoms with E-state index in [2.05, 4.69) is 0 Å². The summed E-state index contributed by atoms with van der Waals surface area (Å²) in [5, 5.41) is 13.9. The van der Waals surface area contributed by atoms with E-state index in [1.807, 2.05) is 0 Å². The number of rotatable bonds is 0. The molecule has 0 radical (unpaired) electrons. The van der Waals surface area contributed by atoms with Crippen molar-refractivity contribution in [2.45, 2.75) is 0 Å². The molecular weight excluding hydrogens is 148 g/mol. The van der Waals surface area contributed by atoms with Gasteiger partial charge in [-0.2, -0.15) is 0 Å². The molecule has 0 saturated carbocycles. The molecule has 0 aliphatic heterocycles. The Bertz CT molecular complexity index is 33.8. The second kappa shape index (κ2) is 4.75. The summed E-state index contributed by atoms with van der Waals surface area (Å²) in [7, 11) is 0. The molecule has 0 saturated heterocycles. The molecule has 0 fully saturated rings. The average molecular weight is 151 g/mol. The molecule has 0 aromatic rings. The van der Waals surface area contributed by atoms with Crippen molar-refractivity contribution < 1.29 is 16.4 Å². The number of carboxylic acid groups (broad SMARTS) is 2. The van der Waals surface area contributed by atoms with Gasteiger partial charge >= 0.3 is 53.1 Å². The Hall–Kier alpha value is 0.751. The fraction of sp³-hybridized carbons (Fsp3) is 0. The predicted octanol–water partition coefficient (Wildman–Crippen LogP) is -0.0459. The van der Waals surface area contributed by atoms with Crippen molar-refractivity contribution in [3.63, 3.8) is 0 Å². The zero-order chi connectivity index (χ0) is 3.58. The van der Waals surface area contributed by atoms with Gasteiger partial charge in [0.1, 0.15) is 0 Å². The van der Waals surface area contributed by atoms with Gasteiger partial charge in [0.25, 0.3) is 0 Å². The Morgan fingerprint density at radius 2 is 1.60 bits per heavy atom. The van der Waals surface area contributed by atoms with Gasteiger partial charge < -0.3 is 10.2 Å². The molecule has 0 aliphatic carbocycles. The van der Waals surface area contributed by atoms with Gasteiger partial charge in [0, 0.05) is 0 Å². The molecule has 2 N–H and O–H groups in total. The second-order valence-corrected chi connectivity index (χ2v) is 0.283. The van der Waals surface area contributed by atoms with Gasteiger partial charge in [-0.15, -0.1) is 0 Å². The first-order valence-corrected chi connectivity index (χ1v) is 0.651. The van der Waals surface area contributed by atoms with Crippen LogP contribution in [0.2, 0.25) is 0 Å². The van der Waals surface area contributed by atoms with Gasteiger partial charge in [0.05, 0.1) is 0 Å². The summed E-state index contributed by atoms with van der Waals surface area (Å²) < 4.78 is 0. The molecule has 24 valence electrons. The van der Waals surface area contributed by atoms with Crippen LogP contribution < -0.4 is 0 Å². The monoisotopic (exact) mass is 151 g/mol. The van der Waals surface area contributed by atoms with Crippen molar-refractivity contribution in [1.29, 1.82) is 0 Å². The quantitative estimate of drug-likeness (QED) is 0.477. The fourth-order valence-electron chi connectivity index (χ4n) is 0. The van der Waals surface area contributed by atoms with Gasteiger partial charge in [-0.05, 0) is 0 Å². The second-order valence-electron chi connectivity index (χ2n) is 0.283. The molecule has 0 bridgehead atoms. The van der Waals surface area contributed by atoms with Crippen molar-refractivity contribution in [1.82, 2.24) is 0 Å². The summed E-state index contributed by atoms with van der Waals surface area (Å²) in [5.41, 5.74) is 0. The third kappa shape index (κ3) is 63.8. The number of carbonyl (C=O) groups is 1. The van der Waals surface area contributed by atoms with Crippen molar-refractivity contribution >= 4 is 51.6 Å². The Labute approximate surface area is 67.4 Å². The van der Waals surface area contributed by atoms with Crippen LogP contribution in [0, 0.1) is 0 Å². The van der Waals surface area contributed by atoms with Gasteiger partial charge in [0.15, 0.2) is 0 Å². The molecule has 0 amide bonds. The first-order valence-electron chi connectivity index (χ1n) is 0.651. The van der Waals surface area contributed by atoms with Crippen LogP contribution in [0.4, 0.5) is 4.79 Å². The third-order valence-electron chi connectivity index (χ3n) is 0. The number of hydrogen-bond acceptors (Lipinski definition) is 1. The summed E-state index contributed by atoms with van der Waals surface area (Å²) in [6, 6.07) is 0. The summed E-state index contributed by atoms with van der Waals surface area (Å²) in [5.74, 6) is 0. The molecule has 0 unspecified atom stereocenters. The van der Waals surface area contributed by atoms with E-state index in [9.17, 15) is 0 Å². The largest absolute Gasteiger partial charge is 2.00 e. The van der Waals surface area contributed by atoms with E-state index in [0.29, 0.717) is 0 Å². The predicted molar refractivity (Wildman–Crippen MR) is 17.5 cm³/mol. The normalized spacial score (nSPS) is 4.80. The first kappa shape index (κ1) is 9.23. The first-order chi connectivity index (χ1) is 1.73. The molecule has 0 heterocycles. The van der Waals surface area contributed by atoms with E-state index in [4.69, 9.17) is 15.0 Å². The summed E-state index contributed by atoms with van der Waals surface area (Å²) in [6.45, 7) is 0. The fourth-order valence-corrected chi connectivity index (χ4v) is 0. The molecule has 0 atom stereocenters. The Morgan fingerprint density at radius 3 is 1.60 bits per heavy atom. The van der Waals surface area contributed by atoms with E-state index in [0.717, 1.165) is 0 Å². The van der Waals surface area contributed by atoms with Crippen LogP contribution in [0.25, 0.3) is 0 Å². The SMILES string of the molecule is O=C(O)O.[H+].[Sr+2]. The molecule has 3 nitrogen and oxygen atoms in total. The average Bonchev–Trinajstić information content (AvgIpc) is 0.811. The Balaban J connectivity index is -0.0000000450. The smallest absolute Gasteiger partial charge is 0.450 e. The minimum Gasteiger partial charge on any atom is -0.450 e. The van der Waals surface area contributed by atoms with Crippen LogP contribution in [-0.4, -0.2) is 61.9 Å². The Morgan fingerprint density at radius 1 is 1.60 bits per heavy atom. The van der Waals surface area contributed by atoms with Gasteiger partial charge in [-0.25, -0.2) is 4.79 Å². The van der Waals surface area contributed by atoms with Gasteiger partial charge in [-0.1, -0.05) is 0 Å². The van der Waals surface area contributed by atoms with E-state index in [1.54, 1.807) is 0 Å². The topological polar surface area (TPSA) is 57.5 Å². The summed E-state index contributed by atoms with van der Waals surface area (Å²) in [6.07, 6.45) is -1.83. The van der Waals surface area contributed by atoms with Crippen LogP contribution in [0.5, 0.6) is 0 Å². The van der Waals surface area contributed by atoms with Crippen molar-refractivity contribution in [3.05, 3.63) is 0 Å². The summed E-state index contributed by atoms with van der Waals surface area (Å²) >= 11 is 0. The van der Waals surface area contributed by atoms with Crippen molar-refractivity contribution in [3.8, 4) is 0 Å². The van der Waals surface area contributed by atoms with E-state index in [-0.39, 0.29) is 46.9 Å². The van der Waals surface area contributed by atoms with Crippen LogP contribution in [0.3, 0.4) is 0 Å². The number of hydrogen-bond donors (Lipinski definition) is 2. The molecule has 0 aromatic heterocycles. The van der Waals surface area contributed by atoms with E-state index in [1.165, 1.54) is 0 Å². The minimum absolute atomic E-state index is 0. The maximum atomic E-state index is 8.56. The van der Waals surface area contributed by atoms with Gasteiger partial charge in [0.2, 0.25) is 0 Å². The molecule has 0 aliphatic rings. The molecule has 0 rings (SSSR count). The van der Waals surface area contributed by atoms with Crippen molar-refractivity contribution in [2.24, 2.45) is 0 Å². The minimum atomic E-state index is -1.83. The van der Waals surface area contributed by atoms with E-state index < -0.39 is 6.16 Å². The van der Waals surface area contributed by atoms with Crippen LogP contribution >= 0.6 is 0 Å².